The molecule has 0 radical (unpaired) electrons. The van der Waals surface area contributed by atoms with E-state index >= 15 is 0 Å². The Morgan fingerprint density at radius 1 is 1.31 bits per heavy atom. The van der Waals surface area contributed by atoms with Gasteiger partial charge in [0.15, 0.2) is 0 Å². The molecule has 1 unspecified atom stereocenters. The Morgan fingerprint density at radius 3 is 2.65 bits per heavy atom. The summed E-state index contributed by atoms with van der Waals surface area (Å²) in [6, 6.07) is 8.90. The van der Waals surface area contributed by atoms with Crippen molar-refractivity contribution >= 4 is 23.6 Å². The van der Waals surface area contributed by atoms with Gasteiger partial charge in [0.05, 0.1) is 11.6 Å². The summed E-state index contributed by atoms with van der Waals surface area (Å²) >= 11 is 6.21. The summed E-state index contributed by atoms with van der Waals surface area (Å²) in [5.41, 5.74) is 1.95. The van der Waals surface area contributed by atoms with Gasteiger partial charge in [0.1, 0.15) is 11.5 Å². The van der Waals surface area contributed by atoms with Crippen LogP contribution in [0.5, 0.6) is 17.4 Å². The molecule has 0 aliphatic heterocycles. The summed E-state index contributed by atoms with van der Waals surface area (Å²) < 4.78 is 11.1. The SMILES string of the molecule is CCOc1ccc(Oc2ccc(/C=C(\C)C(C)NC(C)=O)cn2)c(Cl)c1. The Balaban J connectivity index is 2.06. The lowest BCUT2D eigenvalue weighted by Crippen LogP contribution is -2.31. The molecule has 1 aromatic heterocycles. The number of carbonyl (C=O) groups is 1. The van der Waals surface area contributed by atoms with Crippen LogP contribution in [0.25, 0.3) is 6.08 Å². The van der Waals surface area contributed by atoms with Crippen molar-refractivity contribution in [2.24, 2.45) is 0 Å². The van der Waals surface area contributed by atoms with Crippen molar-refractivity contribution in [2.75, 3.05) is 6.61 Å². The van der Waals surface area contributed by atoms with Gasteiger partial charge in [0.2, 0.25) is 11.8 Å². The second kappa shape index (κ2) is 9.25. The van der Waals surface area contributed by atoms with Gasteiger partial charge in [-0.25, -0.2) is 4.98 Å². The lowest BCUT2D eigenvalue weighted by Gasteiger charge is -2.13. The normalized spacial score (nSPS) is 12.4. The number of rotatable bonds is 7. The number of benzene rings is 1. The van der Waals surface area contributed by atoms with E-state index < -0.39 is 0 Å². The molecule has 0 spiro atoms. The maximum absolute atomic E-state index is 11.1. The highest BCUT2D eigenvalue weighted by molar-refractivity contribution is 6.32. The third-order valence-corrected chi connectivity index (χ3v) is 3.98. The van der Waals surface area contributed by atoms with Gasteiger partial charge in [-0.05, 0) is 44.5 Å². The smallest absolute Gasteiger partial charge is 0.219 e. The number of carbonyl (C=O) groups excluding carboxylic acids is 1. The number of ether oxygens (including phenoxy) is 2. The zero-order chi connectivity index (χ0) is 19.1. The molecular weight excluding hydrogens is 352 g/mol. The first-order chi connectivity index (χ1) is 12.4. The van der Waals surface area contributed by atoms with Crippen molar-refractivity contribution in [3.05, 3.63) is 52.7 Å². The number of hydrogen-bond acceptors (Lipinski definition) is 4. The van der Waals surface area contributed by atoms with Crippen LogP contribution in [-0.2, 0) is 4.79 Å². The zero-order valence-corrected chi connectivity index (χ0v) is 16.1. The second-order valence-electron chi connectivity index (χ2n) is 5.87. The van der Waals surface area contributed by atoms with Crippen molar-refractivity contribution in [2.45, 2.75) is 33.7 Å². The molecular formula is C20H23ClN2O3. The van der Waals surface area contributed by atoms with Crippen molar-refractivity contribution < 1.29 is 14.3 Å². The molecule has 0 saturated heterocycles. The van der Waals surface area contributed by atoms with Gasteiger partial charge in [-0.1, -0.05) is 23.3 Å². The fourth-order valence-corrected chi connectivity index (χ4v) is 2.49. The molecule has 26 heavy (non-hydrogen) atoms. The lowest BCUT2D eigenvalue weighted by molar-refractivity contribution is -0.119. The van der Waals surface area contributed by atoms with E-state index in [4.69, 9.17) is 21.1 Å². The maximum Gasteiger partial charge on any atom is 0.219 e. The van der Waals surface area contributed by atoms with E-state index in [2.05, 4.69) is 10.3 Å². The Bertz CT molecular complexity index is 788. The van der Waals surface area contributed by atoms with E-state index in [1.54, 1.807) is 30.5 Å². The van der Waals surface area contributed by atoms with Crippen LogP contribution in [0.3, 0.4) is 0 Å². The van der Waals surface area contributed by atoms with Crippen LogP contribution in [0.15, 0.2) is 42.1 Å². The van der Waals surface area contributed by atoms with E-state index in [9.17, 15) is 4.79 Å². The van der Waals surface area contributed by atoms with Crippen LogP contribution >= 0.6 is 11.6 Å². The number of pyridine rings is 1. The lowest BCUT2D eigenvalue weighted by atomic mass is 10.1. The minimum absolute atomic E-state index is 0.0360. The molecule has 0 fully saturated rings. The average Bonchev–Trinajstić information content (AvgIpc) is 2.58. The van der Waals surface area contributed by atoms with Crippen molar-refractivity contribution in [3.8, 4) is 17.4 Å². The minimum Gasteiger partial charge on any atom is -0.494 e. The van der Waals surface area contributed by atoms with Crippen LogP contribution in [0.1, 0.15) is 33.3 Å². The molecule has 0 saturated carbocycles. The van der Waals surface area contributed by atoms with Gasteiger partial charge in [0.25, 0.3) is 0 Å². The molecule has 0 aliphatic rings. The Morgan fingerprint density at radius 2 is 2.08 bits per heavy atom. The molecule has 2 aromatic rings. The van der Waals surface area contributed by atoms with Crippen LogP contribution < -0.4 is 14.8 Å². The van der Waals surface area contributed by atoms with Crippen molar-refractivity contribution in [1.82, 2.24) is 10.3 Å². The van der Waals surface area contributed by atoms with Gasteiger partial charge in [0, 0.05) is 31.3 Å². The number of halogens is 1. The molecule has 1 aromatic carbocycles. The molecule has 1 N–H and O–H groups in total. The van der Waals surface area contributed by atoms with Gasteiger partial charge >= 0.3 is 0 Å². The number of amides is 1. The molecule has 6 heteroatoms. The van der Waals surface area contributed by atoms with Crippen LogP contribution in [0.2, 0.25) is 5.02 Å². The maximum atomic E-state index is 11.1. The summed E-state index contributed by atoms with van der Waals surface area (Å²) in [6.45, 7) is 7.89. The van der Waals surface area contributed by atoms with E-state index in [0.29, 0.717) is 29.0 Å². The van der Waals surface area contributed by atoms with Crippen molar-refractivity contribution in [3.63, 3.8) is 0 Å². The van der Waals surface area contributed by atoms with Gasteiger partial charge < -0.3 is 14.8 Å². The van der Waals surface area contributed by atoms with E-state index in [-0.39, 0.29) is 11.9 Å². The Labute approximate surface area is 159 Å². The summed E-state index contributed by atoms with van der Waals surface area (Å²) in [5.74, 6) is 1.60. The summed E-state index contributed by atoms with van der Waals surface area (Å²) in [6.07, 6.45) is 3.68. The largest absolute Gasteiger partial charge is 0.494 e. The number of hydrogen-bond donors (Lipinski definition) is 1. The standard InChI is InChI=1S/C20H23ClN2O3/c1-5-25-17-7-8-19(18(21)11-17)26-20-9-6-16(12-22-20)10-13(2)14(3)23-15(4)24/h6-12,14H,5H2,1-4H3,(H,23,24)/b13-10+. The molecule has 1 atom stereocenters. The predicted molar refractivity (Wildman–Crippen MR) is 104 cm³/mol. The van der Waals surface area contributed by atoms with Crippen molar-refractivity contribution in [1.29, 1.82) is 0 Å². The minimum atomic E-state index is -0.0562. The van der Waals surface area contributed by atoms with E-state index in [1.165, 1.54) is 6.92 Å². The summed E-state index contributed by atoms with van der Waals surface area (Å²) in [5, 5.41) is 3.31. The Hall–Kier alpha value is -2.53. The second-order valence-corrected chi connectivity index (χ2v) is 6.27. The number of aromatic nitrogens is 1. The van der Waals surface area contributed by atoms with E-state index in [0.717, 1.165) is 11.1 Å². The topological polar surface area (TPSA) is 60.5 Å². The predicted octanol–water partition coefficient (Wildman–Crippen LogP) is 4.85. The van der Waals surface area contributed by atoms with Gasteiger partial charge in [-0.3, -0.25) is 4.79 Å². The molecule has 138 valence electrons. The average molecular weight is 375 g/mol. The highest BCUT2D eigenvalue weighted by atomic mass is 35.5. The first-order valence-corrected chi connectivity index (χ1v) is 8.78. The van der Waals surface area contributed by atoms with E-state index in [1.807, 2.05) is 32.9 Å². The third-order valence-electron chi connectivity index (χ3n) is 3.69. The molecule has 1 amide bonds. The molecule has 2 rings (SSSR count). The Kier molecular flexibility index (Phi) is 7.04. The zero-order valence-electron chi connectivity index (χ0n) is 15.4. The molecule has 1 heterocycles. The first-order valence-electron chi connectivity index (χ1n) is 8.40. The van der Waals surface area contributed by atoms with Gasteiger partial charge in [-0.15, -0.1) is 0 Å². The number of nitrogens with zero attached hydrogens (tertiary/aromatic N) is 1. The quantitative estimate of drug-likeness (QED) is 0.752. The highest BCUT2D eigenvalue weighted by Crippen LogP contribution is 2.31. The van der Waals surface area contributed by atoms with Gasteiger partial charge in [-0.2, -0.15) is 0 Å². The molecule has 0 bridgehead atoms. The summed E-state index contributed by atoms with van der Waals surface area (Å²) in [7, 11) is 0. The van der Waals surface area contributed by atoms with Crippen LogP contribution in [-0.4, -0.2) is 23.5 Å². The first kappa shape index (κ1) is 19.8. The molecule has 0 aliphatic carbocycles. The molecule has 5 nitrogen and oxygen atoms in total. The third kappa shape index (κ3) is 5.77. The fraction of sp³-hybridized carbons (Fsp3) is 0.300. The summed E-state index contributed by atoms with van der Waals surface area (Å²) in [4.78, 5) is 15.4. The van der Waals surface area contributed by atoms with Crippen LogP contribution in [0, 0.1) is 0 Å². The monoisotopic (exact) mass is 374 g/mol. The fourth-order valence-electron chi connectivity index (χ4n) is 2.28. The van der Waals surface area contributed by atoms with Crippen LogP contribution in [0.4, 0.5) is 0 Å². The highest BCUT2D eigenvalue weighted by Gasteiger charge is 2.07. The number of nitrogens with one attached hydrogen (secondary N) is 1.